The largest absolute Gasteiger partial charge is 0.349 e. The third-order valence-corrected chi connectivity index (χ3v) is 7.22. The van der Waals surface area contributed by atoms with Gasteiger partial charge in [-0.3, -0.25) is 9.52 Å². The second kappa shape index (κ2) is 8.30. The lowest BCUT2D eigenvalue weighted by molar-refractivity contribution is 0.469. The van der Waals surface area contributed by atoms with Gasteiger partial charge in [-0.25, -0.2) is 13.8 Å². The molecule has 2 aromatic carbocycles. The summed E-state index contributed by atoms with van der Waals surface area (Å²) in [5.41, 5.74) is -1.07. The molecule has 12 heteroatoms. The Morgan fingerprint density at radius 1 is 1.19 bits per heavy atom. The monoisotopic (exact) mass is 483 g/mol. The molecule has 0 radical (unpaired) electrons. The molecule has 4 rings (SSSR count). The second-order valence-electron chi connectivity index (χ2n) is 7.75. The van der Waals surface area contributed by atoms with Crippen LogP contribution in [0.3, 0.4) is 0 Å². The average molecular weight is 484 g/mol. The predicted molar refractivity (Wildman–Crippen MR) is 120 cm³/mol. The molecule has 170 valence electrons. The molecule has 8 nitrogen and oxygen atoms in total. The molecular formula is C20H20ClF2N5O3S. The molecule has 0 bridgehead atoms. The zero-order valence-corrected chi connectivity index (χ0v) is 18.8. The Hall–Kier alpha value is -2.76. The van der Waals surface area contributed by atoms with Crippen LogP contribution < -0.4 is 15.6 Å². The standard InChI is InChI=1S/C20H20ClF2N5O3S/c1-11-7-8-28(9-11)32(30,31)26-14-4-3-12(22)19(17(14)21)25-15-6-5-13-16(18(15)23)20(29)27(2)10-24-13/h3-6,10-11,25-26H,7-9H2,1-2H3/t11-/m1/s1. The van der Waals surface area contributed by atoms with Gasteiger partial charge in [-0.15, -0.1) is 0 Å². The highest BCUT2D eigenvalue weighted by Crippen LogP contribution is 2.37. The van der Waals surface area contributed by atoms with Crippen molar-refractivity contribution in [1.82, 2.24) is 13.9 Å². The van der Waals surface area contributed by atoms with E-state index in [1.54, 1.807) is 0 Å². The van der Waals surface area contributed by atoms with Crippen LogP contribution in [-0.4, -0.2) is 35.4 Å². The van der Waals surface area contributed by atoms with Crippen molar-refractivity contribution in [3.8, 4) is 0 Å². The minimum Gasteiger partial charge on any atom is -0.349 e. The number of hydrogen-bond acceptors (Lipinski definition) is 5. The van der Waals surface area contributed by atoms with Crippen LogP contribution in [0.15, 0.2) is 35.4 Å². The van der Waals surface area contributed by atoms with Crippen molar-refractivity contribution in [1.29, 1.82) is 0 Å². The third-order valence-electron chi connectivity index (χ3n) is 5.34. The van der Waals surface area contributed by atoms with Gasteiger partial charge in [0.2, 0.25) is 0 Å². The maximum atomic E-state index is 15.1. The number of halogens is 3. The molecule has 1 aliphatic rings. The van der Waals surface area contributed by atoms with Crippen molar-refractivity contribution < 1.29 is 17.2 Å². The lowest BCUT2D eigenvalue weighted by Crippen LogP contribution is -2.34. The topological polar surface area (TPSA) is 96.3 Å². The van der Waals surface area contributed by atoms with Gasteiger partial charge in [0.15, 0.2) is 5.82 Å². The number of nitrogens with one attached hydrogen (secondary N) is 2. The number of rotatable bonds is 5. The molecule has 2 N–H and O–H groups in total. The van der Waals surface area contributed by atoms with Crippen molar-refractivity contribution in [3.63, 3.8) is 0 Å². The number of aromatic nitrogens is 2. The van der Waals surface area contributed by atoms with Crippen molar-refractivity contribution >= 4 is 49.8 Å². The molecule has 1 atom stereocenters. The summed E-state index contributed by atoms with van der Waals surface area (Å²) in [6.45, 7) is 2.68. The first-order valence-electron chi connectivity index (χ1n) is 9.75. The first-order chi connectivity index (χ1) is 15.1. The SMILES string of the molecule is C[C@@H]1CCN(S(=O)(=O)Nc2ccc(F)c(Nc3ccc4ncn(C)c(=O)c4c3F)c2Cl)C1. The Kier molecular flexibility index (Phi) is 5.82. The van der Waals surface area contributed by atoms with E-state index in [2.05, 4.69) is 15.0 Å². The smallest absolute Gasteiger partial charge is 0.301 e. The van der Waals surface area contributed by atoms with Crippen LogP contribution in [0.1, 0.15) is 13.3 Å². The summed E-state index contributed by atoms with van der Waals surface area (Å²) in [6.07, 6.45) is 2.00. The van der Waals surface area contributed by atoms with Crippen molar-refractivity contribution in [2.24, 2.45) is 13.0 Å². The van der Waals surface area contributed by atoms with Gasteiger partial charge in [-0.1, -0.05) is 18.5 Å². The van der Waals surface area contributed by atoms with Crippen LogP contribution in [0.2, 0.25) is 5.02 Å². The highest BCUT2D eigenvalue weighted by atomic mass is 35.5. The van der Waals surface area contributed by atoms with Crippen LogP contribution in [0.25, 0.3) is 10.9 Å². The van der Waals surface area contributed by atoms with E-state index in [4.69, 9.17) is 11.6 Å². The Morgan fingerprint density at radius 2 is 1.91 bits per heavy atom. The van der Waals surface area contributed by atoms with E-state index in [0.29, 0.717) is 13.1 Å². The number of hydrogen-bond donors (Lipinski definition) is 2. The summed E-state index contributed by atoms with van der Waals surface area (Å²) < 4.78 is 59.7. The minimum absolute atomic E-state index is 0.0612. The highest BCUT2D eigenvalue weighted by Gasteiger charge is 2.30. The first kappa shape index (κ1) is 22.4. The molecule has 0 aliphatic carbocycles. The van der Waals surface area contributed by atoms with Crippen LogP contribution in [0.4, 0.5) is 25.8 Å². The van der Waals surface area contributed by atoms with Gasteiger partial charge in [0.05, 0.1) is 33.9 Å². The van der Waals surface area contributed by atoms with Gasteiger partial charge in [-0.05, 0) is 36.6 Å². The fraction of sp³-hybridized carbons (Fsp3) is 0.300. The van der Waals surface area contributed by atoms with E-state index < -0.39 is 27.4 Å². The molecule has 0 amide bonds. The molecule has 3 aromatic rings. The van der Waals surface area contributed by atoms with E-state index in [1.807, 2.05) is 6.92 Å². The molecule has 1 fully saturated rings. The van der Waals surface area contributed by atoms with Crippen molar-refractivity contribution in [3.05, 3.63) is 57.6 Å². The lowest BCUT2D eigenvalue weighted by atomic mass is 10.2. The van der Waals surface area contributed by atoms with Gasteiger partial charge < -0.3 is 9.88 Å². The fourth-order valence-corrected chi connectivity index (χ4v) is 5.23. The maximum Gasteiger partial charge on any atom is 0.301 e. The van der Waals surface area contributed by atoms with Gasteiger partial charge in [0.1, 0.15) is 11.2 Å². The van der Waals surface area contributed by atoms with Gasteiger partial charge in [0, 0.05) is 20.1 Å². The molecule has 0 saturated carbocycles. The normalized spacial score (nSPS) is 17.1. The zero-order chi connectivity index (χ0) is 23.2. The predicted octanol–water partition coefficient (Wildman–Crippen LogP) is 3.61. The summed E-state index contributed by atoms with van der Waals surface area (Å²) in [7, 11) is -2.46. The van der Waals surface area contributed by atoms with Crippen LogP contribution in [0, 0.1) is 17.6 Å². The first-order valence-corrected chi connectivity index (χ1v) is 11.6. The maximum absolute atomic E-state index is 15.1. The average Bonchev–Trinajstić information content (AvgIpc) is 3.19. The van der Waals surface area contributed by atoms with E-state index in [-0.39, 0.29) is 38.9 Å². The van der Waals surface area contributed by atoms with E-state index in [9.17, 15) is 17.6 Å². The van der Waals surface area contributed by atoms with Crippen LogP contribution >= 0.6 is 11.6 Å². The van der Waals surface area contributed by atoms with Crippen molar-refractivity contribution in [2.75, 3.05) is 23.1 Å². The van der Waals surface area contributed by atoms with Crippen LogP contribution in [-0.2, 0) is 17.3 Å². The second-order valence-corrected chi connectivity index (χ2v) is 9.80. The highest BCUT2D eigenvalue weighted by molar-refractivity contribution is 7.90. The van der Waals surface area contributed by atoms with E-state index >= 15 is 4.39 Å². The third kappa shape index (κ3) is 4.03. The van der Waals surface area contributed by atoms with E-state index in [1.165, 1.54) is 35.9 Å². The molecule has 1 saturated heterocycles. The summed E-state index contributed by atoms with van der Waals surface area (Å²) in [4.78, 5) is 16.3. The quantitative estimate of drug-likeness (QED) is 0.578. The number of anilines is 3. The molecule has 1 aromatic heterocycles. The Balaban J connectivity index is 1.70. The summed E-state index contributed by atoms with van der Waals surface area (Å²) >= 11 is 6.28. The number of nitrogens with zero attached hydrogens (tertiary/aromatic N) is 3. The Bertz CT molecular complexity index is 1380. The Labute approximate surface area is 188 Å². The van der Waals surface area contributed by atoms with Crippen molar-refractivity contribution in [2.45, 2.75) is 13.3 Å². The number of aryl methyl sites for hydroxylation is 1. The van der Waals surface area contributed by atoms with Gasteiger partial charge in [-0.2, -0.15) is 12.7 Å². The fourth-order valence-electron chi connectivity index (χ4n) is 3.55. The zero-order valence-electron chi connectivity index (χ0n) is 17.2. The van der Waals surface area contributed by atoms with Crippen LogP contribution in [0.5, 0.6) is 0 Å². The molecule has 0 spiro atoms. The lowest BCUT2D eigenvalue weighted by Gasteiger charge is -2.19. The number of fused-ring (bicyclic) bond motifs is 1. The molecular weight excluding hydrogens is 464 g/mol. The molecule has 32 heavy (non-hydrogen) atoms. The summed E-state index contributed by atoms with van der Waals surface area (Å²) in [5.74, 6) is -1.53. The molecule has 1 aliphatic heterocycles. The number of benzene rings is 2. The summed E-state index contributed by atoms with van der Waals surface area (Å²) in [5, 5.41) is 2.00. The van der Waals surface area contributed by atoms with Gasteiger partial charge in [0.25, 0.3) is 5.56 Å². The van der Waals surface area contributed by atoms with E-state index in [0.717, 1.165) is 17.1 Å². The molecule has 0 unspecified atom stereocenters. The minimum atomic E-state index is -3.90. The molecule has 2 heterocycles. The Morgan fingerprint density at radius 3 is 2.59 bits per heavy atom. The van der Waals surface area contributed by atoms with Gasteiger partial charge >= 0.3 is 10.2 Å². The summed E-state index contributed by atoms with van der Waals surface area (Å²) in [6, 6.07) is 4.91.